The van der Waals surface area contributed by atoms with Crippen LogP contribution in [0.3, 0.4) is 0 Å². The van der Waals surface area contributed by atoms with E-state index in [2.05, 4.69) is 52.7 Å². The molecule has 1 aromatic carbocycles. The Balaban J connectivity index is 1.74. The fraction of sp³-hybridized carbons (Fsp3) is 0.294. The Hall–Kier alpha value is -2.36. The van der Waals surface area contributed by atoms with Crippen LogP contribution in [0, 0.1) is 6.92 Å². The van der Waals surface area contributed by atoms with Gasteiger partial charge in [-0.1, -0.05) is 24.3 Å². The monoisotopic (exact) mass is 278 g/mol. The number of hydrogen-bond donors (Lipinski definition) is 1. The molecule has 1 aliphatic rings. The van der Waals surface area contributed by atoms with Gasteiger partial charge in [0.2, 0.25) is 0 Å². The molecule has 0 bridgehead atoms. The second-order valence-corrected chi connectivity index (χ2v) is 5.74. The minimum atomic E-state index is 0.351. The predicted octanol–water partition coefficient (Wildman–Crippen LogP) is 3.53. The summed E-state index contributed by atoms with van der Waals surface area (Å²) in [6, 6.07) is 13.3. The Morgan fingerprint density at radius 2 is 2.14 bits per heavy atom. The van der Waals surface area contributed by atoms with Gasteiger partial charge in [0, 0.05) is 0 Å². The zero-order valence-electron chi connectivity index (χ0n) is 12.1. The molecule has 3 aromatic rings. The lowest BCUT2D eigenvalue weighted by atomic mass is 9.88. The molecule has 4 rings (SSSR count). The third kappa shape index (κ3) is 2.17. The number of rotatable bonds is 2. The lowest BCUT2D eigenvalue weighted by Crippen LogP contribution is -2.19. The van der Waals surface area contributed by atoms with Gasteiger partial charge in [0.05, 0.1) is 6.04 Å². The van der Waals surface area contributed by atoms with E-state index in [-0.39, 0.29) is 0 Å². The average Bonchev–Trinajstić information content (AvgIpc) is 2.96. The van der Waals surface area contributed by atoms with Crippen molar-refractivity contribution in [2.24, 2.45) is 0 Å². The summed E-state index contributed by atoms with van der Waals surface area (Å²) < 4.78 is 1.88. The number of pyridine rings is 1. The normalized spacial score (nSPS) is 17.7. The Bertz CT molecular complexity index is 790. The smallest absolute Gasteiger partial charge is 0.157 e. The number of aromatic nitrogens is 3. The molecule has 2 aromatic heterocycles. The molecule has 21 heavy (non-hydrogen) atoms. The van der Waals surface area contributed by atoms with Gasteiger partial charge < -0.3 is 5.32 Å². The van der Waals surface area contributed by atoms with Crippen molar-refractivity contribution in [3.63, 3.8) is 0 Å². The summed E-state index contributed by atoms with van der Waals surface area (Å²) >= 11 is 0. The standard InChI is InChI=1S/C17H18N4/c1-12-9-16-18-11-19-21(16)17(10-12)20-15-8-4-6-13-5-2-3-7-14(13)15/h2-3,5,7,9-11,15,20H,4,6,8H2,1H3. The minimum absolute atomic E-state index is 0.351. The summed E-state index contributed by atoms with van der Waals surface area (Å²) in [6.45, 7) is 2.09. The van der Waals surface area contributed by atoms with Crippen LogP contribution >= 0.6 is 0 Å². The zero-order valence-corrected chi connectivity index (χ0v) is 12.1. The first-order valence-electron chi connectivity index (χ1n) is 7.46. The van der Waals surface area contributed by atoms with Crippen LogP contribution in [-0.4, -0.2) is 14.6 Å². The number of anilines is 1. The van der Waals surface area contributed by atoms with Crippen molar-refractivity contribution < 1.29 is 0 Å². The van der Waals surface area contributed by atoms with Crippen LogP contribution in [0.15, 0.2) is 42.7 Å². The van der Waals surface area contributed by atoms with Gasteiger partial charge in [-0.2, -0.15) is 9.61 Å². The van der Waals surface area contributed by atoms with Crippen LogP contribution in [0.25, 0.3) is 5.65 Å². The third-order valence-electron chi connectivity index (χ3n) is 4.22. The summed E-state index contributed by atoms with van der Waals surface area (Å²) in [4.78, 5) is 4.29. The van der Waals surface area contributed by atoms with Gasteiger partial charge in [0.1, 0.15) is 12.1 Å². The summed E-state index contributed by atoms with van der Waals surface area (Å²) in [5.74, 6) is 1.02. The molecule has 1 aliphatic carbocycles. The minimum Gasteiger partial charge on any atom is -0.363 e. The molecular formula is C17H18N4. The maximum absolute atomic E-state index is 4.32. The highest BCUT2D eigenvalue weighted by Gasteiger charge is 2.20. The lowest BCUT2D eigenvalue weighted by Gasteiger charge is -2.27. The highest BCUT2D eigenvalue weighted by atomic mass is 15.3. The van der Waals surface area contributed by atoms with E-state index in [1.165, 1.54) is 29.5 Å². The van der Waals surface area contributed by atoms with Crippen molar-refractivity contribution in [1.82, 2.24) is 14.6 Å². The van der Waals surface area contributed by atoms with Crippen molar-refractivity contribution in [2.45, 2.75) is 32.2 Å². The first-order valence-corrected chi connectivity index (χ1v) is 7.46. The molecule has 4 heteroatoms. The first-order chi connectivity index (χ1) is 10.3. The van der Waals surface area contributed by atoms with Crippen molar-refractivity contribution in [1.29, 1.82) is 0 Å². The molecule has 0 saturated heterocycles. The quantitative estimate of drug-likeness (QED) is 0.779. The van der Waals surface area contributed by atoms with Gasteiger partial charge in [-0.3, -0.25) is 0 Å². The Labute approximate surface area is 123 Å². The molecule has 1 N–H and O–H groups in total. The zero-order chi connectivity index (χ0) is 14.2. The van der Waals surface area contributed by atoms with Crippen molar-refractivity contribution >= 4 is 11.5 Å². The molecule has 2 heterocycles. The summed E-state index contributed by atoms with van der Waals surface area (Å²) in [7, 11) is 0. The molecule has 0 saturated carbocycles. The van der Waals surface area contributed by atoms with Crippen molar-refractivity contribution in [3.8, 4) is 0 Å². The first kappa shape index (κ1) is 12.4. The second-order valence-electron chi connectivity index (χ2n) is 5.74. The van der Waals surface area contributed by atoms with Gasteiger partial charge in [-0.05, 0) is 55.0 Å². The SMILES string of the molecule is Cc1cc(NC2CCCc3ccccc32)n2ncnc2c1. The fourth-order valence-corrected chi connectivity index (χ4v) is 3.24. The van der Waals surface area contributed by atoms with E-state index >= 15 is 0 Å². The highest BCUT2D eigenvalue weighted by Crippen LogP contribution is 2.32. The van der Waals surface area contributed by atoms with Crippen LogP contribution in [0.1, 0.15) is 35.6 Å². The van der Waals surface area contributed by atoms with Crippen molar-refractivity contribution in [2.75, 3.05) is 5.32 Å². The Kier molecular flexibility index (Phi) is 2.88. The maximum Gasteiger partial charge on any atom is 0.157 e. The average molecular weight is 278 g/mol. The predicted molar refractivity (Wildman–Crippen MR) is 83.5 cm³/mol. The Morgan fingerprint density at radius 3 is 3.10 bits per heavy atom. The third-order valence-corrected chi connectivity index (χ3v) is 4.22. The van der Waals surface area contributed by atoms with Crippen LogP contribution < -0.4 is 5.32 Å². The van der Waals surface area contributed by atoms with E-state index in [4.69, 9.17) is 0 Å². The number of benzene rings is 1. The molecular weight excluding hydrogens is 260 g/mol. The molecule has 0 spiro atoms. The number of nitrogens with zero attached hydrogens (tertiary/aromatic N) is 3. The fourth-order valence-electron chi connectivity index (χ4n) is 3.24. The van der Waals surface area contributed by atoms with Crippen LogP contribution in [0.4, 0.5) is 5.82 Å². The molecule has 0 fully saturated rings. The summed E-state index contributed by atoms with van der Waals surface area (Å²) in [6.07, 6.45) is 5.16. The highest BCUT2D eigenvalue weighted by molar-refractivity contribution is 5.53. The van der Waals surface area contributed by atoms with Gasteiger partial charge in [0.25, 0.3) is 0 Å². The largest absolute Gasteiger partial charge is 0.363 e. The number of aryl methyl sites for hydroxylation is 2. The van der Waals surface area contributed by atoms with Gasteiger partial charge in [-0.15, -0.1) is 0 Å². The molecule has 1 unspecified atom stereocenters. The molecule has 4 nitrogen and oxygen atoms in total. The van der Waals surface area contributed by atoms with Gasteiger partial charge >= 0.3 is 0 Å². The van der Waals surface area contributed by atoms with Gasteiger partial charge in [-0.25, -0.2) is 4.98 Å². The summed E-state index contributed by atoms with van der Waals surface area (Å²) in [5, 5.41) is 7.99. The van der Waals surface area contributed by atoms with Crippen LogP contribution in [0.2, 0.25) is 0 Å². The second kappa shape index (κ2) is 4.88. The molecule has 1 atom stereocenters. The maximum atomic E-state index is 4.32. The molecule has 0 aliphatic heterocycles. The van der Waals surface area contributed by atoms with E-state index in [9.17, 15) is 0 Å². The van der Waals surface area contributed by atoms with Crippen LogP contribution in [-0.2, 0) is 6.42 Å². The molecule has 106 valence electrons. The number of hydrogen-bond acceptors (Lipinski definition) is 3. The molecule has 0 radical (unpaired) electrons. The van der Waals surface area contributed by atoms with E-state index in [0.29, 0.717) is 6.04 Å². The lowest BCUT2D eigenvalue weighted by molar-refractivity contribution is 0.596. The number of fused-ring (bicyclic) bond motifs is 2. The van der Waals surface area contributed by atoms with E-state index in [1.807, 2.05) is 10.6 Å². The molecule has 0 amide bonds. The number of nitrogens with one attached hydrogen (secondary N) is 1. The van der Waals surface area contributed by atoms with E-state index in [0.717, 1.165) is 17.9 Å². The van der Waals surface area contributed by atoms with Crippen molar-refractivity contribution in [3.05, 3.63) is 59.4 Å². The van der Waals surface area contributed by atoms with Gasteiger partial charge in [0.15, 0.2) is 5.65 Å². The van der Waals surface area contributed by atoms with E-state index < -0.39 is 0 Å². The Morgan fingerprint density at radius 1 is 1.24 bits per heavy atom. The summed E-state index contributed by atoms with van der Waals surface area (Å²) in [5.41, 5.74) is 4.96. The topological polar surface area (TPSA) is 42.2 Å². The van der Waals surface area contributed by atoms with Crippen LogP contribution in [0.5, 0.6) is 0 Å². The van der Waals surface area contributed by atoms with E-state index in [1.54, 1.807) is 6.33 Å².